The van der Waals surface area contributed by atoms with E-state index in [0.717, 1.165) is 36.1 Å². The largest absolute Gasteiger partial charge is 0.340 e. The van der Waals surface area contributed by atoms with Crippen molar-refractivity contribution in [2.24, 2.45) is 0 Å². The van der Waals surface area contributed by atoms with E-state index >= 15 is 0 Å². The quantitative estimate of drug-likeness (QED) is 0.609. The molecule has 0 unspecified atom stereocenters. The number of nitrogens with zero attached hydrogens (tertiary/aromatic N) is 2. The SMILES string of the molecule is O=C1N[C@@H](CC(=O)N2CCCC[C@@H]2c2nc3ccccc3[nH]2)C(=O)Nc2ccccc21. The van der Waals surface area contributed by atoms with Crippen LogP contribution in [0.2, 0.25) is 0 Å². The number of H-pyrrole nitrogens is 1. The molecule has 8 heteroatoms. The number of benzene rings is 2. The maximum atomic E-state index is 13.3. The lowest BCUT2D eigenvalue weighted by atomic mass is 10.00. The number of hydrogen-bond donors (Lipinski definition) is 3. The van der Waals surface area contributed by atoms with Crippen LogP contribution in [0.25, 0.3) is 11.0 Å². The number of para-hydroxylation sites is 3. The molecule has 1 saturated heterocycles. The summed E-state index contributed by atoms with van der Waals surface area (Å²) < 4.78 is 0. The average Bonchev–Trinajstić information content (AvgIpc) is 3.18. The predicted molar refractivity (Wildman–Crippen MR) is 115 cm³/mol. The topological polar surface area (TPSA) is 107 Å². The third-order valence-corrected chi connectivity index (χ3v) is 5.98. The molecule has 0 saturated carbocycles. The summed E-state index contributed by atoms with van der Waals surface area (Å²) in [5.41, 5.74) is 2.65. The molecule has 0 bridgehead atoms. The normalized spacial score (nSPS) is 21.2. The monoisotopic (exact) mass is 417 g/mol. The Morgan fingerprint density at radius 2 is 1.87 bits per heavy atom. The Balaban J connectivity index is 1.36. The number of hydrogen-bond acceptors (Lipinski definition) is 4. The Morgan fingerprint density at radius 3 is 2.74 bits per heavy atom. The molecule has 1 aromatic heterocycles. The number of likely N-dealkylation sites (tertiary alicyclic amines) is 1. The van der Waals surface area contributed by atoms with Gasteiger partial charge < -0.3 is 20.5 Å². The number of amides is 3. The molecule has 2 aromatic carbocycles. The summed E-state index contributed by atoms with van der Waals surface area (Å²) in [6.07, 6.45) is 2.61. The number of imidazole rings is 1. The number of aromatic nitrogens is 2. The van der Waals surface area contributed by atoms with Gasteiger partial charge in [0.1, 0.15) is 11.9 Å². The highest BCUT2D eigenvalue weighted by Gasteiger charge is 2.35. The zero-order chi connectivity index (χ0) is 21.4. The van der Waals surface area contributed by atoms with E-state index in [4.69, 9.17) is 0 Å². The van der Waals surface area contributed by atoms with Crippen LogP contribution in [-0.2, 0) is 9.59 Å². The van der Waals surface area contributed by atoms with Crippen molar-refractivity contribution in [3.8, 4) is 0 Å². The summed E-state index contributed by atoms with van der Waals surface area (Å²) in [4.78, 5) is 48.3. The van der Waals surface area contributed by atoms with Gasteiger partial charge in [0, 0.05) is 6.54 Å². The van der Waals surface area contributed by atoms with Crippen molar-refractivity contribution in [1.82, 2.24) is 20.2 Å². The summed E-state index contributed by atoms with van der Waals surface area (Å²) in [6, 6.07) is 13.5. The average molecular weight is 417 g/mol. The molecule has 8 nitrogen and oxygen atoms in total. The minimum atomic E-state index is -0.925. The van der Waals surface area contributed by atoms with Crippen LogP contribution in [-0.4, -0.2) is 45.2 Å². The van der Waals surface area contributed by atoms with Crippen LogP contribution in [0.4, 0.5) is 5.69 Å². The Morgan fingerprint density at radius 1 is 1.06 bits per heavy atom. The number of carbonyl (C=O) groups is 3. The maximum Gasteiger partial charge on any atom is 0.254 e. The Bertz CT molecular complexity index is 1140. The summed E-state index contributed by atoms with van der Waals surface area (Å²) in [5.74, 6) is -0.157. The molecular formula is C23H23N5O3. The van der Waals surface area contributed by atoms with Gasteiger partial charge in [-0.1, -0.05) is 24.3 Å². The molecule has 3 heterocycles. The Kier molecular flexibility index (Phi) is 4.89. The molecule has 2 atom stereocenters. The van der Waals surface area contributed by atoms with Crippen molar-refractivity contribution in [2.75, 3.05) is 11.9 Å². The second-order valence-electron chi connectivity index (χ2n) is 8.00. The second kappa shape index (κ2) is 7.86. The summed E-state index contributed by atoms with van der Waals surface area (Å²) in [6.45, 7) is 0.600. The summed E-state index contributed by atoms with van der Waals surface area (Å²) >= 11 is 0. The first-order chi connectivity index (χ1) is 15.1. The number of anilines is 1. The molecule has 3 amide bonds. The highest BCUT2D eigenvalue weighted by Crippen LogP contribution is 2.31. The van der Waals surface area contributed by atoms with Crippen molar-refractivity contribution in [3.63, 3.8) is 0 Å². The molecule has 3 aromatic rings. The molecule has 0 radical (unpaired) electrons. The van der Waals surface area contributed by atoms with E-state index in [1.807, 2.05) is 24.3 Å². The number of rotatable bonds is 3. The van der Waals surface area contributed by atoms with Gasteiger partial charge in [-0.05, 0) is 43.5 Å². The van der Waals surface area contributed by atoms with E-state index < -0.39 is 6.04 Å². The lowest BCUT2D eigenvalue weighted by Crippen LogP contribution is -2.47. The van der Waals surface area contributed by atoms with Crippen LogP contribution in [0.15, 0.2) is 48.5 Å². The number of fused-ring (bicyclic) bond motifs is 2. The fourth-order valence-electron chi connectivity index (χ4n) is 4.39. The van der Waals surface area contributed by atoms with Gasteiger partial charge in [-0.25, -0.2) is 4.98 Å². The lowest BCUT2D eigenvalue weighted by Gasteiger charge is -2.35. The van der Waals surface area contributed by atoms with Gasteiger partial charge in [0.2, 0.25) is 11.8 Å². The van der Waals surface area contributed by atoms with E-state index in [9.17, 15) is 14.4 Å². The highest BCUT2D eigenvalue weighted by atomic mass is 16.2. The minimum Gasteiger partial charge on any atom is -0.340 e. The van der Waals surface area contributed by atoms with Crippen LogP contribution in [0, 0.1) is 0 Å². The van der Waals surface area contributed by atoms with Gasteiger partial charge in [-0.2, -0.15) is 0 Å². The van der Waals surface area contributed by atoms with Crippen molar-refractivity contribution in [2.45, 2.75) is 37.8 Å². The smallest absolute Gasteiger partial charge is 0.254 e. The Labute approximate surface area is 179 Å². The molecule has 0 aliphatic carbocycles. The van der Waals surface area contributed by atoms with Gasteiger partial charge in [0.25, 0.3) is 5.91 Å². The third kappa shape index (κ3) is 3.65. The summed E-state index contributed by atoms with van der Waals surface area (Å²) in [7, 11) is 0. The van der Waals surface area contributed by atoms with Crippen LogP contribution >= 0.6 is 0 Å². The van der Waals surface area contributed by atoms with Crippen molar-refractivity contribution in [1.29, 1.82) is 0 Å². The van der Waals surface area contributed by atoms with E-state index in [-0.39, 0.29) is 30.2 Å². The second-order valence-corrected chi connectivity index (χ2v) is 8.00. The van der Waals surface area contributed by atoms with Crippen LogP contribution < -0.4 is 10.6 Å². The van der Waals surface area contributed by atoms with Gasteiger partial charge in [-0.3, -0.25) is 14.4 Å². The zero-order valence-electron chi connectivity index (χ0n) is 16.9. The van der Waals surface area contributed by atoms with Gasteiger partial charge in [0.05, 0.1) is 34.7 Å². The first-order valence-electron chi connectivity index (χ1n) is 10.5. The molecule has 1 fully saturated rings. The zero-order valence-corrected chi connectivity index (χ0v) is 16.9. The minimum absolute atomic E-state index is 0.0950. The number of nitrogens with one attached hydrogen (secondary N) is 3. The number of aromatic amines is 1. The van der Waals surface area contributed by atoms with Crippen LogP contribution in [0.5, 0.6) is 0 Å². The van der Waals surface area contributed by atoms with Crippen molar-refractivity contribution in [3.05, 3.63) is 59.9 Å². The van der Waals surface area contributed by atoms with E-state index in [0.29, 0.717) is 17.8 Å². The molecule has 2 aliphatic heterocycles. The van der Waals surface area contributed by atoms with E-state index in [2.05, 4.69) is 20.6 Å². The maximum absolute atomic E-state index is 13.3. The molecule has 5 rings (SSSR count). The fourth-order valence-corrected chi connectivity index (χ4v) is 4.39. The van der Waals surface area contributed by atoms with E-state index in [1.165, 1.54) is 0 Å². The first kappa shape index (κ1) is 19.3. The fraction of sp³-hybridized carbons (Fsp3) is 0.304. The summed E-state index contributed by atoms with van der Waals surface area (Å²) in [5, 5.41) is 5.47. The van der Waals surface area contributed by atoms with Crippen LogP contribution in [0.3, 0.4) is 0 Å². The molecule has 0 spiro atoms. The molecule has 3 N–H and O–H groups in total. The Hall–Kier alpha value is -3.68. The standard InChI is InChI=1S/C23H23N5O3/c29-20(13-18-23(31)26-15-8-2-1-7-14(15)22(30)27-18)28-12-6-5-11-19(28)21-24-16-9-3-4-10-17(16)25-21/h1-4,7-10,18-19H,5-6,11-13H2,(H,24,25)(H,26,31)(H,27,30)/t18-,19+/m0/s1. The molecule has 158 valence electrons. The highest BCUT2D eigenvalue weighted by molar-refractivity contribution is 6.10. The van der Waals surface area contributed by atoms with E-state index in [1.54, 1.807) is 29.2 Å². The molecule has 31 heavy (non-hydrogen) atoms. The van der Waals surface area contributed by atoms with Crippen LogP contribution in [0.1, 0.15) is 47.9 Å². The third-order valence-electron chi connectivity index (χ3n) is 5.98. The first-order valence-corrected chi connectivity index (χ1v) is 10.5. The van der Waals surface area contributed by atoms with Crippen molar-refractivity contribution >= 4 is 34.4 Å². The number of piperidine rings is 1. The number of carbonyl (C=O) groups excluding carboxylic acids is 3. The van der Waals surface area contributed by atoms with Crippen molar-refractivity contribution < 1.29 is 14.4 Å². The molecular weight excluding hydrogens is 394 g/mol. The lowest BCUT2D eigenvalue weighted by molar-refractivity contribution is -0.137. The molecule has 2 aliphatic rings. The van der Waals surface area contributed by atoms with Gasteiger partial charge in [-0.15, -0.1) is 0 Å². The van der Waals surface area contributed by atoms with Gasteiger partial charge >= 0.3 is 0 Å². The van der Waals surface area contributed by atoms with Gasteiger partial charge in [0.15, 0.2) is 0 Å². The predicted octanol–water partition coefficient (Wildman–Crippen LogP) is 2.76.